The van der Waals surface area contributed by atoms with E-state index in [1.54, 1.807) is 6.92 Å². The highest BCUT2D eigenvalue weighted by molar-refractivity contribution is 5.97. The fourth-order valence-electron chi connectivity index (χ4n) is 1.71. The number of aryl methyl sites for hydroxylation is 1. The Morgan fingerprint density at radius 3 is 2.67 bits per heavy atom. The molecule has 1 heterocycles. The Morgan fingerprint density at radius 1 is 1.44 bits per heavy atom. The van der Waals surface area contributed by atoms with Gasteiger partial charge in [0.15, 0.2) is 0 Å². The van der Waals surface area contributed by atoms with E-state index >= 15 is 0 Å². The summed E-state index contributed by atoms with van der Waals surface area (Å²) in [4.78, 5) is 22.9. The molecule has 1 aromatic heterocycles. The van der Waals surface area contributed by atoms with Crippen LogP contribution in [0.15, 0.2) is 16.7 Å². The van der Waals surface area contributed by atoms with Crippen LogP contribution in [0.2, 0.25) is 0 Å². The van der Waals surface area contributed by atoms with Gasteiger partial charge in [-0.2, -0.15) is 0 Å². The predicted octanol–water partition coefficient (Wildman–Crippen LogP) is 2.35. The first-order valence-corrected chi connectivity index (χ1v) is 6.14. The maximum Gasteiger partial charge on any atom is 0.326 e. The normalized spacial score (nSPS) is 12.1. The van der Waals surface area contributed by atoms with Crippen LogP contribution in [0.5, 0.6) is 0 Å². The highest BCUT2D eigenvalue weighted by atomic mass is 16.4. The van der Waals surface area contributed by atoms with Gasteiger partial charge < -0.3 is 14.8 Å². The van der Waals surface area contributed by atoms with Crippen LogP contribution in [0.4, 0.5) is 0 Å². The third-order valence-electron chi connectivity index (χ3n) is 2.80. The summed E-state index contributed by atoms with van der Waals surface area (Å²) in [6, 6.07) is 0.702. The number of carboxylic acid groups (broad SMARTS) is 1. The van der Waals surface area contributed by atoms with Crippen LogP contribution in [0.25, 0.3) is 0 Å². The van der Waals surface area contributed by atoms with Crippen LogP contribution in [-0.2, 0) is 4.79 Å². The minimum absolute atomic E-state index is 0.386. The number of hydrogen-bond acceptors (Lipinski definition) is 3. The lowest BCUT2D eigenvalue weighted by Crippen LogP contribution is -2.40. The molecule has 0 unspecified atom stereocenters. The molecule has 1 rings (SSSR count). The highest BCUT2D eigenvalue weighted by Crippen LogP contribution is 2.10. The van der Waals surface area contributed by atoms with Gasteiger partial charge in [0.1, 0.15) is 11.8 Å². The van der Waals surface area contributed by atoms with Gasteiger partial charge in [-0.1, -0.05) is 26.2 Å². The van der Waals surface area contributed by atoms with E-state index in [2.05, 4.69) is 5.32 Å². The molecule has 0 aliphatic rings. The minimum Gasteiger partial charge on any atom is -0.480 e. The average molecular weight is 253 g/mol. The Kier molecular flexibility index (Phi) is 5.42. The van der Waals surface area contributed by atoms with Gasteiger partial charge in [0.2, 0.25) is 0 Å². The molecule has 1 amide bonds. The molecule has 0 aliphatic carbocycles. The smallest absolute Gasteiger partial charge is 0.326 e. The van der Waals surface area contributed by atoms with Crippen LogP contribution >= 0.6 is 0 Å². The molecule has 0 aromatic carbocycles. The van der Waals surface area contributed by atoms with Crippen molar-refractivity contribution in [3.63, 3.8) is 0 Å². The monoisotopic (exact) mass is 253 g/mol. The second kappa shape index (κ2) is 6.83. The summed E-state index contributed by atoms with van der Waals surface area (Å²) < 4.78 is 5.02. The van der Waals surface area contributed by atoms with Crippen molar-refractivity contribution < 1.29 is 19.1 Å². The number of carbonyl (C=O) groups is 2. The quantitative estimate of drug-likeness (QED) is 0.731. The van der Waals surface area contributed by atoms with Gasteiger partial charge in [-0.15, -0.1) is 0 Å². The number of hydrogen-bond donors (Lipinski definition) is 2. The summed E-state index contributed by atoms with van der Waals surface area (Å²) in [6.45, 7) is 3.71. The highest BCUT2D eigenvalue weighted by Gasteiger charge is 2.21. The second-order valence-electron chi connectivity index (χ2n) is 4.25. The van der Waals surface area contributed by atoms with Crippen molar-refractivity contribution in [3.05, 3.63) is 23.7 Å². The molecule has 0 radical (unpaired) electrons. The second-order valence-corrected chi connectivity index (χ2v) is 4.25. The van der Waals surface area contributed by atoms with Crippen molar-refractivity contribution >= 4 is 11.9 Å². The maximum absolute atomic E-state index is 11.8. The zero-order valence-corrected chi connectivity index (χ0v) is 10.7. The number of amides is 1. The lowest BCUT2D eigenvalue weighted by Gasteiger charge is -2.13. The van der Waals surface area contributed by atoms with Gasteiger partial charge in [0, 0.05) is 0 Å². The van der Waals surface area contributed by atoms with Crippen molar-refractivity contribution in [3.8, 4) is 0 Å². The van der Waals surface area contributed by atoms with E-state index in [1.807, 2.05) is 6.92 Å². The number of carbonyl (C=O) groups excluding carboxylic acids is 1. The van der Waals surface area contributed by atoms with Gasteiger partial charge in [0.05, 0.1) is 11.8 Å². The molecule has 1 atom stereocenters. The first kappa shape index (κ1) is 14.3. The van der Waals surface area contributed by atoms with Crippen LogP contribution < -0.4 is 5.32 Å². The number of furan rings is 1. The maximum atomic E-state index is 11.8. The molecule has 0 saturated carbocycles. The third kappa shape index (κ3) is 3.91. The van der Waals surface area contributed by atoms with E-state index in [-0.39, 0.29) is 0 Å². The molecule has 0 spiro atoms. The average Bonchev–Trinajstić information content (AvgIpc) is 2.74. The van der Waals surface area contributed by atoms with Gasteiger partial charge in [-0.3, -0.25) is 4.79 Å². The van der Waals surface area contributed by atoms with Gasteiger partial charge in [-0.05, 0) is 19.4 Å². The van der Waals surface area contributed by atoms with E-state index in [1.165, 1.54) is 12.3 Å². The van der Waals surface area contributed by atoms with Crippen molar-refractivity contribution in [1.29, 1.82) is 0 Å². The minimum atomic E-state index is -0.999. The summed E-state index contributed by atoms with van der Waals surface area (Å²) in [6.07, 6.45) is 4.63. The zero-order valence-electron chi connectivity index (χ0n) is 10.7. The van der Waals surface area contributed by atoms with Gasteiger partial charge in [-0.25, -0.2) is 4.79 Å². The Hall–Kier alpha value is -1.78. The SMILES string of the molecule is CCCCC[C@@H](NC(=O)c1ccoc1C)C(=O)O. The molecule has 100 valence electrons. The summed E-state index contributed by atoms with van der Waals surface area (Å²) in [7, 11) is 0. The van der Waals surface area contributed by atoms with Crippen LogP contribution in [0.1, 0.15) is 48.7 Å². The van der Waals surface area contributed by atoms with Crippen LogP contribution in [0, 0.1) is 6.92 Å². The fraction of sp³-hybridized carbons (Fsp3) is 0.538. The lowest BCUT2D eigenvalue weighted by atomic mass is 10.1. The number of rotatable bonds is 7. The van der Waals surface area contributed by atoms with Crippen molar-refractivity contribution in [2.24, 2.45) is 0 Å². The van der Waals surface area contributed by atoms with Gasteiger partial charge >= 0.3 is 5.97 Å². The summed E-state index contributed by atoms with van der Waals surface area (Å²) >= 11 is 0. The molecular formula is C13H19NO4. The largest absolute Gasteiger partial charge is 0.480 e. The van der Waals surface area contributed by atoms with Crippen LogP contribution in [0.3, 0.4) is 0 Å². The topological polar surface area (TPSA) is 79.5 Å². The Bertz CT molecular complexity index is 411. The first-order chi connectivity index (χ1) is 8.56. The summed E-state index contributed by atoms with van der Waals surface area (Å²) in [5, 5.41) is 11.6. The van der Waals surface area contributed by atoms with Crippen LogP contribution in [-0.4, -0.2) is 23.0 Å². The van der Waals surface area contributed by atoms with Crippen molar-refractivity contribution in [1.82, 2.24) is 5.32 Å². The lowest BCUT2D eigenvalue weighted by molar-refractivity contribution is -0.139. The Morgan fingerprint density at radius 2 is 2.17 bits per heavy atom. The van der Waals surface area contributed by atoms with Crippen molar-refractivity contribution in [2.45, 2.75) is 45.6 Å². The van der Waals surface area contributed by atoms with E-state index < -0.39 is 17.9 Å². The number of carboxylic acids is 1. The van der Waals surface area contributed by atoms with E-state index in [4.69, 9.17) is 9.52 Å². The van der Waals surface area contributed by atoms with E-state index in [0.717, 1.165) is 19.3 Å². The molecule has 18 heavy (non-hydrogen) atoms. The molecule has 5 nitrogen and oxygen atoms in total. The number of unbranched alkanes of at least 4 members (excludes halogenated alkanes) is 2. The van der Waals surface area contributed by atoms with E-state index in [9.17, 15) is 9.59 Å². The van der Waals surface area contributed by atoms with Gasteiger partial charge in [0.25, 0.3) is 5.91 Å². The standard InChI is InChI=1S/C13H19NO4/c1-3-4-5-6-11(13(16)17)14-12(15)10-7-8-18-9(10)2/h7-8,11H,3-6H2,1-2H3,(H,14,15)(H,16,17)/t11-/m1/s1. The zero-order chi connectivity index (χ0) is 13.5. The molecule has 5 heteroatoms. The molecule has 0 aliphatic heterocycles. The molecule has 0 saturated heterocycles. The molecular weight excluding hydrogens is 234 g/mol. The fourth-order valence-corrected chi connectivity index (χ4v) is 1.71. The molecule has 2 N–H and O–H groups in total. The third-order valence-corrected chi connectivity index (χ3v) is 2.80. The van der Waals surface area contributed by atoms with E-state index in [0.29, 0.717) is 17.7 Å². The Balaban J connectivity index is 2.58. The summed E-state index contributed by atoms with van der Waals surface area (Å²) in [5.41, 5.74) is 0.386. The Labute approximate surface area is 106 Å². The molecule has 0 fully saturated rings. The number of aliphatic carboxylic acids is 1. The number of nitrogens with one attached hydrogen (secondary N) is 1. The predicted molar refractivity (Wildman–Crippen MR) is 66.5 cm³/mol. The molecule has 1 aromatic rings. The molecule has 0 bridgehead atoms. The van der Waals surface area contributed by atoms with Crippen molar-refractivity contribution in [2.75, 3.05) is 0 Å². The summed E-state index contributed by atoms with van der Waals surface area (Å²) in [5.74, 6) is -0.907. The first-order valence-electron chi connectivity index (χ1n) is 6.14.